The predicted molar refractivity (Wildman–Crippen MR) is 107 cm³/mol. The maximum Gasteiger partial charge on any atom is 0.347 e. The Morgan fingerprint density at radius 3 is 2.93 bits per heavy atom. The second kappa shape index (κ2) is 7.23. The highest BCUT2D eigenvalue weighted by Gasteiger charge is 2.14. The van der Waals surface area contributed by atoms with Gasteiger partial charge in [0, 0.05) is 18.0 Å². The molecule has 0 aliphatic heterocycles. The van der Waals surface area contributed by atoms with Gasteiger partial charge in [0.2, 0.25) is 0 Å². The van der Waals surface area contributed by atoms with E-state index in [1.165, 1.54) is 4.40 Å². The van der Waals surface area contributed by atoms with Crippen LogP contribution in [0.4, 0.5) is 0 Å². The van der Waals surface area contributed by atoms with Crippen molar-refractivity contribution in [1.29, 1.82) is 0 Å². The van der Waals surface area contributed by atoms with Gasteiger partial charge in [-0.3, -0.25) is 0 Å². The molecule has 5 rings (SSSR count). The molecule has 0 spiro atoms. The van der Waals surface area contributed by atoms with Crippen LogP contribution in [0.25, 0.3) is 27.9 Å². The molecule has 0 unspecified atom stereocenters. The topological polar surface area (TPSA) is 98.3 Å². The number of aromatic amines is 1. The van der Waals surface area contributed by atoms with E-state index >= 15 is 0 Å². The zero-order valence-electron chi connectivity index (χ0n) is 15.4. The van der Waals surface area contributed by atoms with E-state index in [9.17, 15) is 4.79 Å². The van der Waals surface area contributed by atoms with Crippen molar-refractivity contribution in [3.63, 3.8) is 0 Å². The summed E-state index contributed by atoms with van der Waals surface area (Å²) < 4.78 is 12.7. The van der Waals surface area contributed by atoms with Crippen LogP contribution in [-0.4, -0.2) is 31.3 Å². The lowest BCUT2D eigenvalue weighted by molar-refractivity contribution is 0.312. The van der Waals surface area contributed by atoms with Crippen molar-refractivity contribution in [2.24, 2.45) is 0 Å². The van der Waals surface area contributed by atoms with E-state index in [4.69, 9.17) is 9.26 Å². The Morgan fingerprint density at radius 1 is 1.07 bits per heavy atom. The first-order valence-corrected chi connectivity index (χ1v) is 9.29. The fourth-order valence-electron chi connectivity index (χ4n) is 3.30. The number of nitrogens with one attached hydrogen (secondary N) is 1. The minimum Gasteiger partial charge on any atom is -0.493 e. The molecule has 3 heterocycles. The minimum absolute atomic E-state index is 0.313. The summed E-state index contributed by atoms with van der Waals surface area (Å²) in [4.78, 5) is 16.1. The summed E-state index contributed by atoms with van der Waals surface area (Å²) in [6.07, 6.45) is 2.99. The van der Waals surface area contributed by atoms with Gasteiger partial charge in [0.05, 0.1) is 12.2 Å². The monoisotopic (exact) mass is 387 g/mol. The Labute approximate surface area is 164 Å². The molecule has 1 N–H and O–H groups in total. The Balaban J connectivity index is 1.26. The van der Waals surface area contributed by atoms with Crippen molar-refractivity contribution in [3.05, 3.63) is 77.1 Å². The van der Waals surface area contributed by atoms with Crippen LogP contribution in [0.2, 0.25) is 0 Å². The van der Waals surface area contributed by atoms with E-state index in [0.29, 0.717) is 36.0 Å². The summed E-state index contributed by atoms with van der Waals surface area (Å²) >= 11 is 0. The highest BCUT2D eigenvalue weighted by atomic mass is 16.5. The average Bonchev–Trinajstić information content (AvgIpc) is 3.38. The second-order valence-electron chi connectivity index (χ2n) is 6.59. The number of aryl methyl sites for hydroxylation is 1. The molecule has 8 heteroatoms. The van der Waals surface area contributed by atoms with Gasteiger partial charge in [-0.2, -0.15) is 10.1 Å². The maximum atomic E-state index is 11.7. The number of benzene rings is 2. The first kappa shape index (κ1) is 17.2. The van der Waals surface area contributed by atoms with E-state index in [1.54, 1.807) is 18.3 Å². The van der Waals surface area contributed by atoms with Crippen LogP contribution in [0, 0.1) is 0 Å². The van der Waals surface area contributed by atoms with Crippen molar-refractivity contribution < 1.29 is 9.26 Å². The summed E-state index contributed by atoms with van der Waals surface area (Å²) in [6.45, 7) is 0.544. The minimum atomic E-state index is -0.313. The maximum absolute atomic E-state index is 11.7. The molecule has 8 nitrogen and oxygen atoms in total. The smallest absolute Gasteiger partial charge is 0.347 e. The number of ether oxygens (including phenoxy) is 1. The highest BCUT2D eigenvalue weighted by molar-refractivity contribution is 5.88. The van der Waals surface area contributed by atoms with Gasteiger partial charge in [-0.05, 0) is 30.0 Å². The molecule has 0 fully saturated rings. The summed E-state index contributed by atoms with van der Waals surface area (Å²) in [7, 11) is 0. The van der Waals surface area contributed by atoms with Gasteiger partial charge in [-0.15, -0.1) is 0 Å². The van der Waals surface area contributed by atoms with E-state index in [1.807, 2.05) is 24.3 Å². The van der Waals surface area contributed by atoms with Gasteiger partial charge in [-0.1, -0.05) is 41.6 Å². The Hall–Kier alpha value is -3.94. The van der Waals surface area contributed by atoms with Crippen LogP contribution in [0.5, 0.6) is 5.75 Å². The van der Waals surface area contributed by atoms with Crippen LogP contribution >= 0.6 is 0 Å². The number of H-pyrrole nitrogens is 1. The molecule has 0 aliphatic rings. The quantitative estimate of drug-likeness (QED) is 0.449. The molecule has 144 valence electrons. The molecular weight excluding hydrogens is 370 g/mol. The number of pyridine rings is 1. The largest absolute Gasteiger partial charge is 0.493 e. The van der Waals surface area contributed by atoms with E-state index in [-0.39, 0.29) is 5.69 Å². The SMILES string of the molecule is O=c1[nH]nc2c(-c3nc(CCCOc4cccc5ccccc45)no3)cccn12. The number of hydrogen-bond donors (Lipinski definition) is 1. The third-order valence-electron chi connectivity index (χ3n) is 4.69. The van der Waals surface area contributed by atoms with Gasteiger partial charge in [0.25, 0.3) is 5.89 Å². The van der Waals surface area contributed by atoms with Gasteiger partial charge in [0.1, 0.15) is 5.75 Å². The zero-order chi connectivity index (χ0) is 19.6. The molecule has 0 bridgehead atoms. The number of rotatable bonds is 6. The van der Waals surface area contributed by atoms with Crippen molar-refractivity contribution in [2.45, 2.75) is 12.8 Å². The molecule has 0 amide bonds. The fraction of sp³-hybridized carbons (Fsp3) is 0.143. The summed E-state index contributed by atoms with van der Waals surface area (Å²) in [5.74, 6) is 1.79. The van der Waals surface area contributed by atoms with E-state index in [2.05, 4.69) is 38.5 Å². The molecule has 2 aromatic carbocycles. The number of fused-ring (bicyclic) bond motifs is 2. The van der Waals surface area contributed by atoms with Gasteiger partial charge >= 0.3 is 5.69 Å². The lowest BCUT2D eigenvalue weighted by Crippen LogP contribution is -2.08. The normalized spacial score (nSPS) is 11.3. The predicted octanol–water partition coefficient (Wildman–Crippen LogP) is 3.24. The fourth-order valence-corrected chi connectivity index (χ4v) is 3.30. The Bertz CT molecular complexity index is 1350. The molecule has 29 heavy (non-hydrogen) atoms. The molecule has 0 saturated heterocycles. The molecule has 3 aromatic heterocycles. The molecule has 0 radical (unpaired) electrons. The number of nitrogens with zero attached hydrogens (tertiary/aromatic N) is 4. The van der Waals surface area contributed by atoms with Crippen molar-refractivity contribution in [3.8, 4) is 17.2 Å². The zero-order valence-corrected chi connectivity index (χ0v) is 15.4. The summed E-state index contributed by atoms with van der Waals surface area (Å²) in [6, 6.07) is 17.7. The van der Waals surface area contributed by atoms with Crippen molar-refractivity contribution in [2.75, 3.05) is 6.61 Å². The van der Waals surface area contributed by atoms with Gasteiger partial charge in [0.15, 0.2) is 11.5 Å². The highest BCUT2D eigenvalue weighted by Crippen LogP contribution is 2.25. The Morgan fingerprint density at radius 2 is 1.97 bits per heavy atom. The van der Waals surface area contributed by atoms with Crippen LogP contribution in [0.3, 0.4) is 0 Å². The first-order chi connectivity index (χ1) is 14.3. The summed E-state index contributed by atoms with van der Waals surface area (Å²) in [5.41, 5.74) is 0.746. The van der Waals surface area contributed by atoms with E-state index < -0.39 is 0 Å². The third-order valence-corrected chi connectivity index (χ3v) is 4.69. The van der Waals surface area contributed by atoms with Gasteiger partial charge in [-0.25, -0.2) is 14.3 Å². The molecule has 0 aliphatic carbocycles. The molecule has 0 saturated carbocycles. The van der Waals surface area contributed by atoms with Crippen LogP contribution < -0.4 is 10.4 Å². The lowest BCUT2D eigenvalue weighted by Gasteiger charge is -2.08. The van der Waals surface area contributed by atoms with E-state index in [0.717, 1.165) is 22.9 Å². The standard InChI is InChI=1S/C21H17N5O3/c27-21-24-23-19-16(9-4-12-26(19)21)20-22-18(25-29-20)11-5-13-28-17-10-3-7-14-6-1-2-8-15(14)17/h1-4,6-10,12H,5,11,13H2,(H,24,27). The number of hydrogen-bond acceptors (Lipinski definition) is 6. The molecule has 5 aromatic rings. The van der Waals surface area contributed by atoms with Crippen LogP contribution in [-0.2, 0) is 6.42 Å². The second-order valence-corrected chi connectivity index (χ2v) is 6.59. The lowest BCUT2D eigenvalue weighted by atomic mass is 10.1. The number of aromatic nitrogens is 5. The first-order valence-electron chi connectivity index (χ1n) is 9.29. The molecular formula is C21H17N5O3. The van der Waals surface area contributed by atoms with Crippen LogP contribution in [0.15, 0.2) is 70.1 Å². The van der Waals surface area contributed by atoms with Crippen molar-refractivity contribution in [1.82, 2.24) is 24.7 Å². The Kier molecular flexibility index (Phi) is 4.28. The third kappa shape index (κ3) is 3.25. The van der Waals surface area contributed by atoms with Gasteiger partial charge < -0.3 is 9.26 Å². The molecule has 0 atom stereocenters. The summed E-state index contributed by atoms with van der Waals surface area (Å²) in [5, 5.41) is 12.7. The van der Waals surface area contributed by atoms with Crippen LogP contribution in [0.1, 0.15) is 12.2 Å². The average molecular weight is 387 g/mol. The van der Waals surface area contributed by atoms with Crippen molar-refractivity contribution >= 4 is 16.4 Å².